The maximum absolute atomic E-state index is 12.4. The van der Waals surface area contributed by atoms with Gasteiger partial charge in [0.05, 0.1) is 5.56 Å². The monoisotopic (exact) mass is 357 g/mol. The molecule has 0 spiro atoms. The number of aryl methyl sites for hydroxylation is 1. The van der Waals surface area contributed by atoms with Gasteiger partial charge in [-0.1, -0.05) is 54.1 Å². The second kappa shape index (κ2) is 7.62. The van der Waals surface area contributed by atoms with Gasteiger partial charge in [-0.25, -0.2) is 4.98 Å². The second-order valence-corrected chi connectivity index (χ2v) is 7.01. The molecule has 3 aromatic rings. The van der Waals surface area contributed by atoms with Crippen molar-refractivity contribution in [2.24, 2.45) is 0 Å². The fraction of sp³-hybridized carbons (Fsp3) is 0.217. The van der Waals surface area contributed by atoms with Gasteiger partial charge in [0.1, 0.15) is 5.82 Å². The normalized spacial score (nSPS) is 13.1. The van der Waals surface area contributed by atoms with Gasteiger partial charge in [-0.15, -0.1) is 0 Å². The van der Waals surface area contributed by atoms with Crippen LogP contribution in [0.2, 0.25) is 0 Å². The Morgan fingerprint density at radius 3 is 2.56 bits per heavy atom. The first-order chi connectivity index (χ1) is 13.2. The summed E-state index contributed by atoms with van der Waals surface area (Å²) in [6.45, 7) is 4.38. The summed E-state index contributed by atoms with van der Waals surface area (Å²) in [6.07, 6.45) is 2.69. The quantitative estimate of drug-likeness (QED) is 0.771. The van der Waals surface area contributed by atoms with Crippen molar-refractivity contribution < 1.29 is 4.79 Å². The van der Waals surface area contributed by atoms with E-state index in [0.717, 1.165) is 30.9 Å². The zero-order valence-corrected chi connectivity index (χ0v) is 15.5. The van der Waals surface area contributed by atoms with E-state index in [4.69, 9.17) is 0 Å². The van der Waals surface area contributed by atoms with Gasteiger partial charge in [-0.2, -0.15) is 0 Å². The number of anilines is 1. The Morgan fingerprint density at radius 1 is 1.04 bits per heavy atom. The molecule has 2 aromatic carbocycles. The molecule has 0 saturated carbocycles. The molecule has 0 saturated heterocycles. The Bertz CT molecular complexity index is 933. The van der Waals surface area contributed by atoms with Gasteiger partial charge in [0.15, 0.2) is 0 Å². The van der Waals surface area contributed by atoms with Crippen LogP contribution in [0, 0.1) is 6.92 Å². The van der Waals surface area contributed by atoms with Crippen LogP contribution in [0.4, 0.5) is 5.82 Å². The summed E-state index contributed by atoms with van der Waals surface area (Å²) in [7, 11) is 0. The molecular weight excluding hydrogens is 334 g/mol. The van der Waals surface area contributed by atoms with E-state index in [1.54, 1.807) is 6.20 Å². The van der Waals surface area contributed by atoms with Crippen molar-refractivity contribution >= 4 is 11.7 Å². The largest absolute Gasteiger partial charge is 0.352 e. The van der Waals surface area contributed by atoms with E-state index in [1.807, 2.05) is 24.3 Å². The first-order valence-electron chi connectivity index (χ1n) is 9.30. The molecule has 136 valence electrons. The molecule has 27 heavy (non-hydrogen) atoms. The Kier molecular flexibility index (Phi) is 4.88. The van der Waals surface area contributed by atoms with Gasteiger partial charge in [0, 0.05) is 25.8 Å². The van der Waals surface area contributed by atoms with Crippen LogP contribution in [0.25, 0.3) is 0 Å². The van der Waals surface area contributed by atoms with Gasteiger partial charge in [-0.3, -0.25) is 4.79 Å². The molecule has 2 heterocycles. The third-order valence-corrected chi connectivity index (χ3v) is 5.04. The van der Waals surface area contributed by atoms with Gasteiger partial charge in [0.25, 0.3) is 5.91 Å². The highest BCUT2D eigenvalue weighted by Gasteiger charge is 2.17. The van der Waals surface area contributed by atoms with Crippen molar-refractivity contribution in [1.29, 1.82) is 0 Å². The Morgan fingerprint density at radius 2 is 1.81 bits per heavy atom. The lowest BCUT2D eigenvalue weighted by atomic mass is 10.00. The zero-order chi connectivity index (χ0) is 18.6. The highest BCUT2D eigenvalue weighted by atomic mass is 16.1. The molecule has 0 fully saturated rings. The summed E-state index contributed by atoms with van der Waals surface area (Å²) < 4.78 is 0. The molecule has 1 N–H and O–H groups in total. The van der Waals surface area contributed by atoms with Crippen molar-refractivity contribution in [3.8, 4) is 0 Å². The van der Waals surface area contributed by atoms with E-state index < -0.39 is 0 Å². The minimum absolute atomic E-state index is 0.0985. The van der Waals surface area contributed by atoms with Crippen molar-refractivity contribution in [2.75, 3.05) is 11.4 Å². The smallest absolute Gasteiger partial charge is 0.253 e. The van der Waals surface area contributed by atoms with Gasteiger partial charge in [-0.05, 0) is 42.2 Å². The number of pyridine rings is 1. The number of benzene rings is 2. The average molecular weight is 357 g/mol. The Labute approximate surface area is 159 Å². The van der Waals surface area contributed by atoms with Gasteiger partial charge in [0.2, 0.25) is 0 Å². The predicted octanol–water partition coefficient (Wildman–Crippen LogP) is 3.88. The molecule has 1 amide bonds. The zero-order valence-electron chi connectivity index (χ0n) is 15.5. The Hall–Kier alpha value is -3.14. The molecule has 4 rings (SSSR count). The molecule has 0 unspecified atom stereocenters. The van der Waals surface area contributed by atoms with E-state index in [2.05, 4.69) is 58.5 Å². The van der Waals surface area contributed by atoms with E-state index in [9.17, 15) is 4.79 Å². The van der Waals surface area contributed by atoms with Crippen molar-refractivity contribution in [1.82, 2.24) is 10.3 Å². The van der Waals surface area contributed by atoms with Crippen LogP contribution in [0.1, 0.15) is 32.6 Å². The number of aromatic nitrogens is 1. The fourth-order valence-corrected chi connectivity index (χ4v) is 3.39. The lowest BCUT2D eigenvalue weighted by Crippen LogP contribution is -2.31. The minimum atomic E-state index is -0.0985. The average Bonchev–Trinajstić information content (AvgIpc) is 2.73. The van der Waals surface area contributed by atoms with Gasteiger partial charge < -0.3 is 10.2 Å². The number of hydrogen-bond acceptors (Lipinski definition) is 3. The van der Waals surface area contributed by atoms with Crippen LogP contribution in [-0.4, -0.2) is 17.4 Å². The maximum Gasteiger partial charge on any atom is 0.253 e. The molecule has 1 aromatic heterocycles. The summed E-state index contributed by atoms with van der Waals surface area (Å²) in [5, 5.41) is 2.95. The number of carbonyl (C=O) groups excluding carboxylic acids is 1. The SMILES string of the molecule is Cc1ccc(CNC(=O)c2ccc(N3CCc4ccccc4C3)nc2)cc1. The van der Waals surface area contributed by atoms with Crippen LogP contribution in [0.15, 0.2) is 66.9 Å². The van der Waals surface area contributed by atoms with Crippen molar-refractivity contribution in [3.63, 3.8) is 0 Å². The van der Waals surface area contributed by atoms with E-state index in [0.29, 0.717) is 12.1 Å². The molecule has 0 bridgehead atoms. The molecule has 1 aliphatic heterocycles. The highest BCUT2D eigenvalue weighted by molar-refractivity contribution is 5.94. The fourth-order valence-electron chi connectivity index (χ4n) is 3.39. The molecule has 4 nitrogen and oxygen atoms in total. The first kappa shape index (κ1) is 17.3. The molecule has 4 heteroatoms. The number of nitrogens with one attached hydrogen (secondary N) is 1. The van der Waals surface area contributed by atoms with E-state index in [1.165, 1.54) is 16.7 Å². The highest BCUT2D eigenvalue weighted by Crippen LogP contribution is 2.23. The lowest BCUT2D eigenvalue weighted by molar-refractivity contribution is 0.0950. The molecular formula is C23H23N3O. The van der Waals surface area contributed by atoms with Crippen molar-refractivity contribution in [2.45, 2.75) is 26.4 Å². The first-order valence-corrected chi connectivity index (χ1v) is 9.30. The standard InChI is InChI=1S/C23H23N3O/c1-17-6-8-18(9-7-17)14-25-23(27)20-10-11-22(24-15-20)26-13-12-19-4-2-3-5-21(19)16-26/h2-11,15H,12-14,16H2,1H3,(H,25,27). The molecule has 0 radical (unpaired) electrons. The third kappa shape index (κ3) is 4.00. The third-order valence-electron chi connectivity index (χ3n) is 5.04. The van der Waals surface area contributed by atoms with Crippen molar-refractivity contribution in [3.05, 3.63) is 94.7 Å². The molecule has 1 aliphatic rings. The van der Waals surface area contributed by atoms with Crippen LogP contribution in [-0.2, 0) is 19.5 Å². The molecule has 0 aliphatic carbocycles. The number of nitrogens with zero attached hydrogens (tertiary/aromatic N) is 2. The van der Waals surface area contributed by atoms with Crippen LogP contribution < -0.4 is 10.2 Å². The minimum Gasteiger partial charge on any atom is -0.352 e. The second-order valence-electron chi connectivity index (χ2n) is 7.01. The number of carbonyl (C=O) groups is 1. The van der Waals surface area contributed by atoms with Gasteiger partial charge >= 0.3 is 0 Å². The number of hydrogen-bond donors (Lipinski definition) is 1. The summed E-state index contributed by atoms with van der Waals surface area (Å²) in [5.41, 5.74) is 5.66. The number of amides is 1. The summed E-state index contributed by atoms with van der Waals surface area (Å²) >= 11 is 0. The summed E-state index contributed by atoms with van der Waals surface area (Å²) in [5.74, 6) is 0.818. The Balaban J connectivity index is 1.38. The van der Waals surface area contributed by atoms with E-state index in [-0.39, 0.29) is 5.91 Å². The summed E-state index contributed by atoms with van der Waals surface area (Å²) in [6, 6.07) is 20.5. The molecule has 0 atom stereocenters. The lowest BCUT2D eigenvalue weighted by Gasteiger charge is -2.29. The number of fused-ring (bicyclic) bond motifs is 1. The van der Waals surface area contributed by atoms with Crippen LogP contribution in [0.3, 0.4) is 0 Å². The maximum atomic E-state index is 12.4. The number of rotatable bonds is 4. The predicted molar refractivity (Wildman–Crippen MR) is 108 cm³/mol. The van der Waals surface area contributed by atoms with Crippen LogP contribution >= 0.6 is 0 Å². The topological polar surface area (TPSA) is 45.2 Å². The summed E-state index contributed by atoms with van der Waals surface area (Å²) in [4.78, 5) is 19.2. The van der Waals surface area contributed by atoms with E-state index >= 15 is 0 Å². The van der Waals surface area contributed by atoms with Crippen LogP contribution in [0.5, 0.6) is 0 Å².